The van der Waals surface area contributed by atoms with Crippen molar-refractivity contribution in [2.24, 2.45) is 0 Å². The Hall–Kier alpha value is -1.47. The van der Waals surface area contributed by atoms with Gasteiger partial charge in [-0.05, 0) is 31.9 Å². The third-order valence-electron chi connectivity index (χ3n) is 4.54. The topological polar surface area (TPSA) is 67.6 Å². The van der Waals surface area contributed by atoms with Gasteiger partial charge in [0.15, 0.2) is 5.75 Å². The van der Waals surface area contributed by atoms with Crippen molar-refractivity contribution in [3.8, 4) is 5.75 Å². The van der Waals surface area contributed by atoms with Gasteiger partial charge in [0.25, 0.3) is 0 Å². The maximum Gasteiger partial charge on any atom is 0.329 e. The van der Waals surface area contributed by atoms with E-state index in [4.69, 9.17) is 44.6 Å². The zero-order chi connectivity index (χ0) is 23.9. The molecule has 1 atom stereocenters. The van der Waals surface area contributed by atoms with Gasteiger partial charge >= 0.3 is 6.03 Å². The number of unbranched alkanes of at least 4 members (excludes halogenated alkanes) is 3. The average molecular weight is 507 g/mol. The minimum absolute atomic E-state index is 0.0955. The molecular weight excluding hydrogens is 473 g/mol. The lowest BCUT2D eigenvalue weighted by molar-refractivity contribution is 0.180. The highest BCUT2D eigenvalue weighted by atomic mass is 35.5. The van der Waals surface area contributed by atoms with Crippen molar-refractivity contribution in [1.29, 1.82) is 0 Å². The molecule has 0 aliphatic carbocycles. The van der Waals surface area contributed by atoms with Crippen molar-refractivity contribution in [1.82, 2.24) is 14.5 Å². The fourth-order valence-electron chi connectivity index (χ4n) is 2.90. The smallest absolute Gasteiger partial charge is 0.329 e. The Labute approximate surface area is 206 Å². The van der Waals surface area contributed by atoms with Crippen LogP contribution in [0.3, 0.4) is 0 Å². The number of amides is 1. The number of aliphatic hydroxyl groups is 1. The number of carbonyl (C=O) groups excluding carboxylic acids is 1. The number of benzene rings is 1. The van der Waals surface area contributed by atoms with Gasteiger partial charge in [-0.25, -0.2) is 9.78 Å². The number of nitrogens with zero attached hydrogens (tertiary/aromatic N) is 3. The second-order valence-corrected chi connectivity index (χ2v) is 8.74. The number of halogens is 3. The molecule has 9 heteroatoms. The summed E-state index contributed by atoms with van der Waals surface area (Å²) >= 11 is 18.0. The molecule has 0 saturated carbocycles. The Morgan fingerprint density at radius 3 is 2.34 bits per heavy atom. The number of hydrogen-bond acceptors (Lipinski definition) is 4. The van der Waals surface area contributed by atoms with Gasteiger partial charge in [0.2, 0.25) is 0 Å². The Kier molecular flexibility index (Phi) is 14.5. The minimum Gasteiger partial charge on any atom is -0.489 e. The van der Waals surface area contributed by atoms with Gasteiger partial charge in [-0.15, -0.1) is 0 Å². The first-order valence-corrected chi connectivity index (χ1v) is 12.2. The maximum atomic E-state index is 12.3. The zero-order valence-electron chi connectivity index (χ0n) is 19.1. The van der Waals surface area contributed by atoms with Crippen molar-refractivity contribution < 1.29 is 14.6 Å². The van der Waals surface area contributed by atoms with E-state index in [1.54, 1.807) is 29.4 Å². The summed E-state index contributed by atoms with van der Waals surface area (Å²) in [6.45, 7) is 7.33. The summed E-state index contributed by atoms with van der Waals surface area (Å²) in [6.07, 6.45) is 11.4. The molecule has 0 saturated heterocycles. The molecule has 2 aromatic rings. The summed E-state index contributed by atoms with van der Waals surface area (Å²) in [4.78, 5) is 17.9. The van der Waals surface area contributed by atoms with E-state index in [0.717, 1.165) is 12.8 Å². The van der Waals surface area contributed by atoms with Gasteiger partial charge in [0.05, 0.1) is 22.7 Å². The molecule has 1 aromatic heterocycles. The average Bonchev–Trinajstić information content (AvgIpc) is 3.27. The molecule has 2 rings (SSSR count). The molecule has 1 N–H and O–H groups in total. The summed E-state index contributed by atoms with van der Waals surface area (Å²) in [5, 5.41) is 9.97. The van der Waals surface area contributed by atoms with Gasteiger partial charge in [-0.1, -0.05) is 74.3 Å². The molecule has 1 aromatic carbocycles. The molecule has 0 fully saturated rings. The van der Waals surface area contributed by atoms with Crippen LogP contribution < -0.4 is 4.74 Å². The molecule has 0 aliphatic rings. The van der Waals surface area contributed by atoms with E-state index in [0.29, 0.717) is 33.9 Å². The number of rotatable bonds is 11. The summed E-state index contributed by atoms with van der Waals surface area (Å²) < 4.78 is 7.05. The number of ether oxygens (including phenoxy) is 1. The van der Waals surface area contributed by atoms with E-state index >= 15 is 0 Å². The quantitative estimate of drug-likeness (QED) is 0.335. The van der Waals surface area contributed by atoms with E-state index in [1.807, 2.05) is 13.8 Å². The Morgan fingerprint density at radius 1 is 1.12 bits per heavy atom. The third kappa shape index (κ3) is 10.9. The third-order valence-corrected chi connectivity index (χ3v) is 5.32. The zero-order valence-corrected chi connectivity index (χ0v) is 21.3. The van der Waals surface area contributed by atoms with Crippen LogP contribution in [-0.2, 0) is 0 Å². The predicted octanol–water partition coefficient (Wildman–Crippen LogP) is 6.94. The van der Waals surface area contributed by atoms with E-state index in [9.17, 15) is 4.79 Å². The van der Waals surface area contributed by atoms with Crippen LogP contribution in [-0.4, -0.2) is 51.4 Å². The van der Waals surface area contributed by atoms with Crippen LogP contribution in [0.4, 0.5) is 4.79 Å². The summed E-state index contributed by atoms with van der Waals surface area (Å²) in [5.74, 6) is 0.365. The van der Waals surface area contributed by atoms with Crippen LogP contribution >= 0.6 is 34.8 Å². The molecule has 180 valence electrons. The first kappa shape index (κ1) is 28.6. The van der Waals surface area contributed by atoms with E-state index in [-0.39, 0.29) is 18.7 Å². The molecule has 32 heavy (non-hydrogen) atoms. The summed E-state index contributed by atoms with van der Waals surface area (Å²) in [5.41, 5.74) is 0. The molecule has 1 amide bonds. The van der Waals surface area contributed by atoms with Crippen molar-refractivity contribution in [2.75, 3.05) is 19.7 Å². The van der Waals surface area contributed by atoms with E-state index in [1.165, 1.54) is 36.6 Å². The Balaban J connectivity index is 0.000000482. The molecule has 0 bridgehead atoms. The van der Waals surface area contributed by atoms with Crippen LogP contribution in [0.2, 0.25) is 15.1 Å². The van der Waals surface area contributed by atoms with Crippen LogP contribution in [0.25, 0.3) is 0 Å². The van der Waals surface area contributed by atoms with Crippen molar-refractivity contribution in [2.45, 2.75) is 65.4 Å². The molecule has 0 aliphatic heterocycles. The molecular formula is C23H34Cl3N3O3. The van der Waals surface area contributed by atoms with Crippen LogP contribution in [0.15, 0.2) is 30.9 Å². The van der Waals surface area contributed by atoms with Gasteiger partial charge < -0.3 is 14.7 Å². The maximum absolute atomic E-state index is 12.3. The Morgan fingerprint density at radius 2 is 1.81 bits per heavy atom. The van der Waals surface area contributed by atoms with Crippen molar-refractivity contribution in [3.63, 3.8) is 0 Å². The van der Waals surface area contributed by atoms with Crippen LogP contribution in [0.5, 0.6) is 5.75 Å². The second-order valence-electron chi connectivity index (χ2n) is 7.48. The highest BCUT2D eigenvalue weighted by Gasteiger charge is 2.15. The normalized spacial score (nSPS) is 11.5. The fraction of sp³-hybridized carbons (Fsp3) is 0.565. The lowest BCUT2D eigenvalue weighted by Gasteiger charge is -2.22. The lowest BCUT2D eigenvalue weighted by atomic mass is 10.1. The summed E-state index contributed by atoms with van der Waals surface area (Å²) in [7, 11) is 0. The molecule has 0 radical (unpaired) electrons. The number of aromatic nitrogens is 2. The second kappa shape index (κ2) is 16.2. The molecule has 1 heterocycles. The van der Waals surface area contributed by atoms with Crippen LogP contribution in [0.1, 0.15) is 59.3 Å². The number of imidazole rings is 1. The first-order valence-electron chi connectivity index (χ1n) is 11.0. The van der Waals surface area contributed by atoms with Gasteiger partial charge in [-0.3, -0.25) is 4.57 Å². The number of hydrogen-bond donors (Lipinski definition) is 1. The standard InChI is InChI=1S/C15H16Cl3N3O2.C8H18O/c1-2-4-20(15(22)21-5-3-19-10-21)6-7-23-14-12(17)8-11(16)9-13(14)18;1-3-4-5-6-7-8(2)9/h3,5,8-10H,2,4,6-7H2,1H3;8-9H,3-7H2,1-2H3. The van der Waals surface area contributed by atoms with Gasteiger partial charge in [0, 0.05) is 24.0 Å². The van der Waals surface area contributed by atoms with E-state index in [2.05, 4.69) is 11.9 Å². The molecule has 1 unspecified atom stereocenters. The number of carbonyl (C=O) groups is 1. The highest BCUT2D eigenvalue weighted by Crippen LogP contribution is 2.35. The van der Waals surface area contributed by atoms with Crippen molar-refractivity contribution >= 4 is 40.8 Å². The van der Waals surface area contributed by atoms with E-state index < -0.39 is 0 Å². The Bertz CT molecular complexity index is 763. The fourth-order valence-corrected chi connectivity index (χ4v) is 3.83. The SMILES string of the molecule is CCCCCCC(C)O.CCCN(CCOc1c(Cl)cc(Cl)cc1Cl)C(=O)n1ccnc1. The summed E-state index contributed by atoms with van der Waals surface area (Å²) in [6, 6.07) is 2.97. The molecule has 0 spiro atoms. The van der Waals surface area contributed by atoms with Gasteiger partial charge in [-0.2, -0.15) is 0 Å². The van der Waals surface area contributed by atoms with Crippen molar-refractivity contribution in [3.05, 3.63) is 45.9 Å². The minimum atomic E-state index is -0.152. The number of aliphatic hydroxyl groups excluding tert-OH is 1. The lowest BCUT2D eigenvalue weighted by Crippen LogP contribution is -2.37. The monoisotopic (exact) mass is 505 g/mol. The first-order chi connectivity index (χ1) is 15.3. The highest BCUT2D eigenvalue weighted by molar-refractivity contribution is 6.40. The van der Waals surface area contributed by atoms with Gasteiger partial charge in [0.1, 0.15) is 12.9 Å². The van der Waals surface area contributed by atoms with Crippen LogP contribution in [0, 0.1) is 0 Å². The predicted molar refractivity (Wildman–Crippen MR) is 132 cm³/mol. The largest absolute Gasteiger partial charge is 0.489 e. The molecule has 6 nitrogen and oxygen atoms in total.